The summed E-state index contributed by atoms with van der Waals surface area (Å²) in [7, 11) is 0. The molecule has 5 nitrogen and oxygen atoms in total. The number of phenols is 2. The first-order valence-electron chi connectivity index (χ1n) is 5.37. The van der Waals surface area contributed by atoms with Crippen LogP contribution in [0.25, 0.3) is 0 Å². The lowest BCUT2D eigenvalue weighted by molar-refractivity contribution is -0.131. The summed E-state index contributed by atoms with van der Waals surface area (Å²) in [5.41, 5.74) is 0.631. The molecule has 1 aromatic rings. The van der Waals surface area contributed by atoms with Crippen LogP contribution < -0.4 is 0 Å². The number of ketones is 1. The Morgan fingerprint density at radius 2 is 1.89 bits per heavy atom. The normalized spacial score (nSPS) is 10.7. The topological polar surface area (TPSA) is 94.8 Å². The summed E-state index contributed by atoms with van der Waals surface area (Å²) in [5.74, 6) is -1.71. The smallest absolute Gasteiger partial charge is 0.327 e. The quantitative estimate of drug-likeness (QED) is 0.549. The molecular formula is C13H14O5. The number of hydrogen-bond donors (Lipinski definition) is 3. The summed E-state index contributed by atoms with van der Waals surface area (Å²) >= 11 is 0. The van der Waals surface area contributed by atoms with Crippen LogP contribution in [0.3, 0.4) is 0 Å². The van der Waals surface area contributed by atoms with E-state index in [1.807, 2.05) is 0 Å². The minimum Gasteiger partial charge on any atom is -0.508 e. The lowest BCUT2D eigenvalue weighted by Gasteiger charge is -2.06. The van der Waals surface area contributed by atoms with Crippen molar-refractivity contribution in [2.45, 2.75) is 19.8 Å². The van der Waals surface area contributed by atoms with Crippen LogP contribution >= 0.6 is 0 Å². The largest absolute Gasteiger partial charge is 0.508 e. The first kappa shape index (κ1) is 13.8. The van der Waals surface area contributed by atoms with E-state index >= 15 is 0 Å². The van der Waals surface area contributed by atoms with Gasteiger partial charge in [0.25, 0.3) is 0 Å². The van der Waals surface area contributed by atoms with Gasteiger partial charge in [-0.25, -0.2) is 4.79 Å². The minimum absolute atomic E-state index is 0.0742. The third-order valence-electron chi connectivity index (χ3n) is 2.41. The van der Waals surface area contributed by atoms with Gasteiger partial charge in [-0.1, -0.05) is 6.08 Å². The number of Topliss-reactive ketones (excluding diaryl/α,β-unsaturated/α-hetero) is 1. The van der Waals surface area contributed by atoms with Gasteiger partial charge >= 0.3 is 5.97 Å². The highest BCUT2D eigenvalue weighted by molar-refractivity contribution is 5.99. The Kier molecular flexibility index (Phi) is 4.48. The second-order valence-corrected chi connectivity index (χ2v) is 3.86. The highest BCUT2D eigenvalue weighted by atomic mass is 16.4. The number of benzene rings is 1. The summed E-state index contributed by atoms with van der Waals surface area (Å²) < 4.78 is 0. The van der Waals surface area contributed by atoms with Crippen molar-refractivity contribution in [1.82, 2.24) is 0 Å². The van der Waals surface area contributed by atoms with E-state index in [-0.39, 0.29) is 35.7 Å². The van der Waals surface area contributed by atoms with Crippen LogP contribution in [0.1, 0.15) is 28.8 Å². The predicted molar refractivity (Wildman–Crippen MR) is 64.8 cm³/mol. The van der Waals surface area contributed by atoms with E-state index in [1.54, 1.807) is 6.92 Å². The van der Waals surface area contributed by atoms with Crippen molar-refractivity contribution in [3.8, 4) is 11.5 Å². The van der Waals surface area contributed by atoms with Crippen molar-refractivity contribution in [3.63, 3.8) is 0 Å². The van der Waals surface area contributed by atoms with E-state index in [0.717, 1.165) is 12.1 Å². The maximum Gasteiger partial charge on any atom is 0.327 e. The van der Waals surface area contributed by atoms with Crippen LogP contribution in [0.5, 0.6) is 11.5 Å². The van der Waals surface area contributed by atoms with Crippen molar-refractivity contribution in [3.05, 3.63) is 35.4 Å². The maximum atomic E-state index is 11.8. The summed E-state index contributed by atoms with van der Waals surface area (Å²) in [6.07, 6.45) is 2.73. The highest BCUT2D eigenvalue weighted by Gasteiger charge is 2.12. The van der Waals surface area contributed by atoms with Gasteiger partial charge < -0.3 is 15.3 Å². The first-order chi connectivity index (χ1) is 8.41. The van der Waals surface area contributed by atoms with Crippen molar-refractivity contribution in [2.24, 2.45) is 0 Å². The zero-order valence-electron chi connectivity index (χ0n) is 9.88. The van der Waals surface area contributed by atoms with Crippen LogP contribution in [0.2, 0.25) is 0 Å². The maximum absolute atomic E-state index is 11.8. The fourth-order valence-electron chi connectivity index (χ4n) is 1.44. The Morgan fingerprint density at radius 1 is 1.22 bits per heavy atom. The number of carboxylic acid groups (broad SMARTS) is 1. The van der Waals surface area contributed by atoms with Gasteiger partial charge in [-0.3, -0.25) is 4.79 Å². The average Bonchev–Trinajstić information content (AvgIpc) is 2.28. The molecule has 0 spiro atoms. The molecule has 5 heteroatoms. The van der Waals surface area contributed by atoms with E-state index < -0.39 is 5.97 Å². The van der Waals surface area contributed by atoms with Crippen molar-refractivity contribution < 1.29 is 24.9 Å². The number of phenolic OH excluding ortho intramolecular Hbond substituents is 2. The second-order valence-electron chi connectivity index (χ2n) is 3.86. The Bertz CT molecular complexity index is 502. The molecule has 1 rings (SSSR count). The van der Waals surface area contributed by atoms with E-state index in [9.17, 15) is 19.8 Å². The standard InChI is InChI=1S/C13H14O5/c1-8-6-9(12(16)7-11(8)15)10(14)4-2-3-5-13(17)18/h3,5-7,15-16H,2,4H2,1H3,(H,17,18). The fourth-order valence-corrected chi connectivity index (χ4v) is 1.44. The third-order valence-corrected chi connectivity index (χ3v) is 2.41. The molecule has 96 valence electrons. The Hall–Kier alpha value is -2.30. The molecule has 0 aliphatic heterocycles. The molecular weight excluding hydrogens is 236 g/mol. The SMILES string of the molecule is Cc1cc(C(=O)CCC=CC(=O)O)c(O)cc1O. The Labute approximate surface area is 104 Å². The van der Waals surface area contributed by atoms with E-state index in [2.05, 4.69) is 0 Å². The number of aliphatic carboxylic acids is 1. The number of allylic oxidation sites excluding steroid dienone is 1. The number of hydrogen-bond acceptors (Lipinski definition) is 4. The molecule has 18 heavy (non-hydrogen) atoms. The summed E-state index contributed by atoms with van der Waals surface area (Å²) in [6, 6.07) is 2.53. The first-order valence-corrected chi connectivity index (χ1v) is 5.37. The number of rotatable bonds is 5. The molecule has 0 aliphatic carbocycles. The van der Waals surface area contributed by atoms with Crippen LogP contribution in [-0.4, -0.2) is 27.1 Å². The van der Waals surface area contributed by atoms with Gasteiger partial charge in [-0.05, 0) is 25.0 Å². The van der Waals surface area contributed by atoms with E-state index in [4.69, 9.17) is 5.11 Å². The van der Waals surface area contributed by atoms with Gasteiger partial charge in [0.2, 0.25) is 0 Å². The molecule has 0 bridgehead atoms. The number of carbonyl (C=O) groups excluding carboxylic acids is 1. The molecule has 0 saturated carbocycles. The van der Waals surface area contributed by atoms with Gasteiger partial charge in [0, 0.05) is 18.6 Å². The van der Waals surface area contributed by atoms with Gasteiger partial charge in [0.1, 0.15) is 11.5 Å². The van der Waals surface area contributed by atoms with Crippen molar-refractivity contribution in [1.29, 1.82) is 0 Å². The number of carbonyl (C=O) groups is 2. The summed E-state index contributed by atoms with van der Waals surface area (Å²) in [5, 5.41) is 27.2. The molecule has 1 aromatic carbocycles. The number of aromatic hydroxyl groups is 2. The van der Waals surface area contributed by atoms with Crippen molar-refractivity contribution in [2.75, 3.05) is 0 Å². The molecule has 0 amide bonds. The van der Waals surface area contributed by atoms with E-state index in [0.29, 0.717) is 5.56 Å². The monoisotopic (exact) mass is 250 g/mol. The van der Waals surface area contributed by atoms with Crippen LogP contribution in [0.15, 0.2) is 24.3 Å². The predicted octanol–water partition coefficient (Wildman–Crippen LogP) is 2.01. The number of aryl methyl sites for hydroxylation is 1. The summed E-state index contributed by atoms with van der Waals surface area (Å²) in [4.78, 5) is 22.0. The minimum atomic E-state index is -1.06. The van der Waals surface area contributed by atoms with Gasteiger partial charge in [-0.15, -0.1) is 0 Å². The molecule has 0 unspecified atom stereocenters. The molecule has 0 heterocycles. The molecule has 0 aromatic heterocycles. The molecule has 0 saturated heterocycles. The lowest BCUT2D eigenvalue weighted by atomic mass is 10.0. The molecule has 0 aliphatic rings. The second kappa shape index (κ2) is 5.86. The Morgan fingerprint density at radius 3 is 2.50 bits per heavy atom. The van der Waals surface area contributed by atoms with Crippen LogP contribution in [0.4, 0.5) is 0 Å². The van der Waals surface area contributed by atoms with Gasteiger partial charge in [-0.2, -0.15) is 0 Å². The molecule has 0 fully saturated rings. The number of carboxylic acids is 1. The van der Waals surface area contributed by atoms with Crippen LogP contribution in [0, 0.1) is 6.92 Å². The van der Waals surface area contributed by atoms with E-state index in [1.165, 1.54) is 12.1 Å². The summed E-state index contributed by atoms with van der Waals surface area (Å²) in [6.45, 7) is 1.62. The highest BCUT2D eigenvalue weighted by Crippen LogP contribution is 2.27. The zero-order valence-corrected chi connectivity index (χ0v) is 9.88. The lowest BCUT2D eigenvalue weighted by Crippen LogP contribution is -1.99. The molecule has 0 radical (unpaired) electrons. The van der Waals surface area contributed by atoms with Crippen molar-refractivity contribution >= 4 is 11.8 Å². The molecule has 0 atom stereocenters. The molecule has 3 N–H and O–H groups in total. The third kappa shape index (κ3) is 3.62. The van der Waals surface area contributed by atoms with Crippen LogP contribution in [-0.2, 0) is 4.79 Å². The van der Waals surface area contributed by atoms with Gasteiger partial charge in [0.05, 0.1) is 5.56 Å². The fraction of sp³-hybridized carbons (Fsp3) is 0.231. The Balaban J connectivity index is 2.73. The zero-order chi connectivity index (χ0) is 13.7. The average molecular weight is 250 g/mol. The van der Waals surface area contributed by atoms with Gasteiger partial charge in [0.15, 0.2) is 5.78 Å².